The number of nitrogens with zero attached hydrogens (tertiary/aromatic N) is 2. The third-order valence-electron chi connectivity index (χ3n) is 2.69. The lowest BCUT2D eigenvalue weighted by Gasteiger charge is -2.18. The summed E-state index contributed by atoms with van der Waals surface area (Å²) < 4.78 is 0. The van der Waals surface area contributed by atoms with E-state index < -0.39 is 0 Å². The van der Waals surface area contributed by atoms with E-state index in [1.54, 1.807) is 12.4 Å². The Morgan fingerprint density at radius 3 is 2.75 bits per heavy atom. The highest BCUT2D eigenvalue weighted by Crippen LogP contribution is 2.27. The van der Waals surface area contributed by atoms with E-state index in [1.807, 2.05) is 19.1 Å². The minimum absolute atomic E-state index is 0.0509. The van der Waals surface area contributed by atoms with E-state index in [0.29, 0.717) is 11.4 Å². The maximum Gasteiger partial charge on any atom is 0.263 e. The summed E-state index contributed by atoms with van der Waals surface area (Å²) in [4.78, 5) is 21.4. The first-order valence-electron chi connectivity index (χ1n) is 6.53. The minimum Gasteiger partial charge on any atom is -0.351 e. The van der Waals surface area contributed by atoms with Crippen LogP contribution in [-0.2, 0) is 0 Å². The summed E-state index contributed by atoms with van der Waals surface area (Å²) in [6, 6.07) is 3.81. The predicted molar refractivity (Wildman–Crippen MR) is 81.9 cm³/mol. The Morgan fingerprint density at radius 1 is 1.40 bits per heavy atom. The smallest absolute Gasteiger partial charge is 0.263 e. The quantitative estimate of drug-likeness (QED) is 0.943. The molecule has 0 spiro atoms. The minimum atomic E-state index is -0.0509. The first-order valence-corrected chi connectivity index (χ1v) is 7.34. The van der Waals surface area contributed by atoms with Crippen molar-refractivity contribution in [2.45, 2.75) is 27.7 Å². The fourth-order valence-corrected chi connectivity index (χ4v) is 2.62. The number of carbonyl (C=O) groups is 1. The summed E-state index contributed by atoms with van der Waals surface area (Å²) in [5.74, 6) is -0.0509. The fraction of sp³-hybridized carbons (Fsp3) is 0.400. The van der Waals surface area contributed by atoms with Gasteiger partial charge in [-0.05, 0) is 24.5 Å². The zero-order chi connectivity index (χ0) is 14.8. The van der Waals surface area contributed by atoms with E-state index in [4.69, 9.17) is 0 Å². The molecule has 0 fully saturated rings. The summed E-state index contributed by atoms with van der Waals surface area (Å²) in [6.45, 7) is 8.78. The third-order valence-corrected chi connectivity index (χ3v) is 3.90. The van der Waals surface area contributed by atoms with Crippen LogP contribution in [0.1, 0.15) is 36.1 Å². The van der Waals surface area contributed by atoms with Gasteiger partial charge in [-0.15, -0.1) is 11.3 Å². The first kappa shape index (κ1) is 14.7. The molecule has 2 aromatic heterocycles. The molecule has 4 nitrogen and oxygen atoms in total. The SMILES string of the molecule is Cc1nc(-c2cccnc2)sc1C(=O)NCC(C)(C)C. The molecule has 0 aliphatic carbocycles. The van der Waals surface area contributed by atoms with Crippen LogP contribution >= 0.6 is 11.3 Å². The number of pyridine rings is 1. The van der Waals surface area contributed by atoms with Gasteiger partial charge in [-0.3, -0.25) is 9.78 Å². The van der Waals surface area contributed by atoms with Crippen LogP contribution in [0, 0.1) is 12.3 Å². The topological polar surface area (TPSA) is 54.9 Å². The number of thiazole rings is 1. The van der Waals surface area contributed by atoms with Crippen molar-refractivity contribution in [2.75, 3.05) is 6.54 Å². The van der Waals surface area contributed by atoms with Gasteiger partial charge in [0.2, 0.25) is 0 Å². The number of aromatic nitrogens is 2. The summed E-state index contributed by atoms with van der Waals surface area (Å²) in [7, 11) is 0. The lowest BCUT2D eigenvalue weighted by Crippen LogP contribution is -2.32. The molecule has 0 unspecified atom stereocenters. The van der Waals surface area contributed by atoms with E-state index in [0.717, 1.165) is 16.3 Å². The van der Waals surface area contributed by atoms with Crippen LogP contribution in [0.2, 0.25) is 0 Å². The van der Waals surface area contributed by atoms with E-state index >= 15 is 0 Å². The van der Waals surface area contributed by atoms with E-state index in [9.17, 15) is 4.79 Å². The maximum absolute atomic E-state index is 12.2. The van der Waals surface area contributed by atoms with Gasteiger partial charge in [0, 0.05) is 24.5 Å². The average molecular weight is 289 g/mol. The molecule has 20 heavy (non-hydrogen) atoms. The van der Waals surface area contributed by atoms with Crippen LogP contribution in [0.15, 0.2) is 24.5 Å². The van der Waals surface area contributed by atoms with Gasteiger partial charge < -0.3 is 5.32 Å². The second-order valence-electron chi connectivity index (χ2n) is 5.92. The van der Waals surface area contributed by atoms with E-state index in [-0.39, 0.29) is 11.3 Å². The van der Waals surface area contributed by atoms with Crippen molar-refractivity contribution in [1.82, 2.24) is 15.3 Å². The van der Waals surface area contributed by atoms with Crippen molar-refractivity contribution in [2.24, 2.45) is 5.41 Å². The van der Waals surface area contributed by atoms with Crippen LogP contribution in [-0.4, -0.2) is 22.4 Å². The largest absolute Gasteiger partial charge is 0.351 e. The number of aryl methyl sites for hydroxylation is 1. The molecule has 0 aliphatic heterocycles. The van der Waals surface area contributed by atoms with Crippen molar-refractivity contribution in [1.29, 1.82) is 0 Å². The van der Waals surface area contributed by atoms with Gasteiger partial charge in [0.05, 0.1) is 5.69 Å². The number of hydrogen-bond acceptors (Lipinski definition) is 4. The predicted octanol–water partition coefficient (Wildman–Crippen LogP) is 3.29. The van der Waals surface area contributed by atoms with Crippen LogP contribution in [0.5, 0.6) is 0 Å². The van der Waals surface area contributed by atoms with Crippen molar-refractivity contribution in [3.05, 3.63) is 35.1 Å². The van der Waals surface area contributed by atoms with Gasteiger partial charge in [0.1, 0.15) is 9.88 Å². The molecule has 1 N–H and O–H groups in total. The first-order chi connectivity index (χ1) is 9.37. The fourth-order valence-electron chi connectivity index (χ4n) is 1.65. The van der Waals surface area contributed by atoms with Crippen molar-refractivity contribution >= 4 is 17.2 Å². The molecule has 106 valence electrons. The second-order valence-corrected chi connectivity index (χ2v) is 6.92. The number of carbonyl (C=O) groups excluding carboxylic acids is 1. The Labute approximate surface area is 123 Å². The summed E-state index contributed by atoms with van der Waals surface area (Å²) >= 11 is 1.41. The Hall–Kier alpha value is -1.75. The van der Waals surface area contributed by atoms with Crippen LogP contribution in [0.4, 0.5) is 0 Å². The molecule has 0 saturated carbocycles. The zero-order valence-corrected chi connectivity index (χ0v) is 13.0. The highest BCUT2D eigenvalue weighted by molar-refractivity contribution is 7.17. The Kier molecular flexibility index (Phi) is 4.18. The number of rotatable bonds is 3. The van der Waals surface area contributed by atoms with E-state index in [1.165, 1.54) is 11.3 Å². The maximum atomic E-state index is 12.2. The summed E-state index contributed by atoms with van der Waals surface area (Å²) in [5.41, 5.74) is 1.77. The van der Waals surface area contributed by atoms with E-state index in [2.05, 4.69) is 36.1 Å². The number of amides is 1. The lowest BCUT2D eigenvalue weighted by molar-refractivity contribution is 0.0942. The Balaban J connectivity index is 2.18. The second kappa shape index (κ2) is 5.71. The molecule has 1 amide bonds. The average Bonchev–Trinajstić information content (AvgIpc) is 2.78. The molecular weight excluding hydrogens is 270 g/mol. The Bertz CT molecular complexity index is 599. The van der Waals surface area contributed by atoms with Gasteiger partial charge in [0.15, 0.2) is 0 Å². The van der Waals surface area contributed by atoms with Crippen molar-refractivity contribution in [3.8, 4) is 10.6 Å². The highest BCUT2D eigenvalue weighted by Gasteiger charge is 2.18. The summed E-state index contributed by atoms with van der Waals surface area (Å²) in [6.07, 6.45) is 3.48. The normalized spacial score (nSPS) is 11.4. The lowest BCUT2D eigenvalue weighted by atomic mass is 9.97. The standard InChI is InChI=1S/C15H19N3OS/c1-10-12(13(19)17-9-15(2,3)4)20-14(18-10)11-6-5-7-16-8-11/h5-8H,9H2,1-4H3,(H,17,19). The number of hydrogen-bond donors (Lipinski definition) is 1. The van der Waals surface area contributed by atoms with Crippen molar-refractivity contribution < 1.29 is 4.79 Å². The van der Waals surface area contributed by atoms with Gasteiger partial charge >= 0.3 is 0 Å². The van der Waals surface area contributed by atoms with Crippen LogP contribution < -0.4 is 5.32 Å². The molecule has 0 bridgehead atoms. The van der Waals surface area contributed by atoms with Gasteiger partial charge in [-0.2, -0.15) is 0 Å². The molecular formula is C15H19N3OS. The molecule has 0 aromatic carbocycles. The van der Waals surface area contributed by atoms with Crippen molar-refractivity contribution in [3.63, 3.8) is 0 Å². The van der Waals surface area contributed by atoms with Crippen LogP contribution in [0.3, 0.4) is 0 Å². The van der Waals surface area contributed by atoms with Gasteiger partial charge in [0.25, 0.3) is 5.91 Å². The molecule has 0 radical (unpaired) electrons. The third kappa shape index (κ3) is 3.63. The van der Waals surface area contributed by atoms with Gasteiger partial charge in [-0.25, -0.2) is 4.98 Å². The molecule has 2 rings (SSSR count). The van der Waals surface area contributed by atoms with Gasteiger partial charge in [-0.1, -0.05) is 20.8 Å². The van der Waals surface area contributed by atoms with Crippen LogP contribution in [0.25, 0.3) is 10.6 Å². The Morgan fingerprint density at radius 2 is 2.15 bits per heavy atom. The number of nitrogens with one attached hydrogen (secondary N) is 1. The molecule has 0 atom stereocenters. The molecule has 0 saturated heterocycles. The molecule has 2 aromatic rings. The monoisotopic (exact) mass is 289 g/mol. The zero-order valence-electron chi connectivity index (χ0n) is 12.2. The summed E-state index contributed by atoms with van der Waals surface area (Å²) in [5, 5.41) is 3.79. The molecule has 2 heterocycles. The molecule has 5 heteroatoms. The molecule has 0 aliphatic rings. The highest BCUT2D eigenvalue weighted by atomic mass is 32.1.